The summed E-state index contributed by atoms with van der Waals surface area (Å²) in [5.74, 6) is -0.723. The van der Waals surface area contributed by atoms with E-state index in [1.165, 1.54) is 18.3 Å². The van der Waals surface area contributed by atoms with Crippen molar-refractivity contribution in [2.45, 2.75) is 12.6 Å². The molecule has 2 rings (SSSR count). The summed E-state index contributed by atoms with van der Waals surface area (Å²) in [6.45, 7) is 0.808. The monoisotopic (exact) mass is 323 g/mol. The lowest BCUT2D eigenvalue weighted by atomic mass is 10.2. The quantitative estimate of drug-likeness (QED) is 0.593. The predicted octanol–water partition coefficient (Wildman–Crippen LogP) is 1.60. The highest BCUT2D eigenvalue weighted by Gasteiger charge is 2.12. The summed E-state index contributed by atoms with van der Waals surface area (Å²) in [6.07, 6.45) is 2.54. The third-order valence-electron chi connectivity index (χ3n) is 3.05. The van der Waals surface area contributed by atoms with Crippen LogP contribution < -0.4 is 5.32 Å². The molecule has 0 radical (unpaired) electrons. The summed E-state index contributed by atoms with van der Waals surface area (Å²) in [4.78, 5) is 11.8. The Morgan fingerprint density at radius 2 is 2.26 bits per heavy atom. The second-order valence-corrected chi connectivity index (χ2v) is 5.41. The van der Waals surface area contributed by atoms with Gasteiger partial charge in [-0.3, -0.25) is 14.8 Å². The van der Waals surface area contributed by atoms with Crippen LogP contribution in [0.5, 0.6) is 0 Å². The molecule has 23 heavy (non-hydrogen) atoms. The van der Waals surface area contributed by atoms with Crippen molar-refractivity contribution < 1.29 is 14.4 Å². The van der Waals surface area contributed by atoms with Gasteiger partial charge in [-0.25, -0.2) is 4.39 Å². The fourth-order valence-corrected chi connectivity index (χ4v) is 2.10. The second-order valence-electron chi connectivity index (χ2n) is 5.41. The van der Waals surface area contributed by atoms with E-state index in [0.29, 0.717) is 18.8 Å². The summed E-state index contributed by atoms with van der Waals surface area (Å²) in [5.41, 5.74) is 0.328. The number of hydrogen-bond donors (Lipinski definition) is 2. The molecule has 8 nitrogen and oxygen atoms in total. The highest BCUT2D eigenvalue weighted by Crippen LogP contribution is 2.23. The normalized spacial score (nSPS) is 12.4. The maximum atomic E-state index is 13.8. The minimum atomic E-state index is -0.723. The lowest BCUT2D eigenvalue weighted by molar-refractivity contribution is -0.385. The molecule has 0 spiro atoms. The molecule has 0 saturated heterocycles. The number of non-ortho nitro benzene ring substituents is 1. The molecule has 1 heterocycles. The molecular formula is C14H18FN5O3. The summed E-state index contributed by atoms with van der Waals surface area (Å²) in [7, 11) is 3.72. The van der Waals surface area contributed by atoms with E-state index >= 15 is 0 Å². The lowest BCUT2D eigenvalue weighted by Crippen LogP contribution is -2.29. The molecule has 1 aromatic heterocycles. The van der Waals surface area contributed by atoms with Gasteiger partial charge in [0.15, 0.2) is 5.82 Å². The highest BCUT2D eigenvalue weighted by molar-refractivity contribution is 5.60. The standard InChI is InChI=1S/C14H18FN5O3/c1-18(2)8-12(21)9-19-7-10(6-16-19)17-14-4-3-11(20(22)23)5-13(14)15/h3-7,12,17,21H,8-9H2,1-2H3/t12-/m0/s1. The number of rotatable bonds is 7. The van der Waals surface area contributed by atoms with Crippen molar-refractivity contribution in [3.8, 4) is 0 Å². The van der Waals surface area contributed by atoms with Gasteiger partial charge in [-0.1, -0.05) is 0 Å². The number of aliphatic hydroxyl groups excluding tert-OH is 1. The van der Waals surface area contributed by atoms with Crippen molar-refractivity contribution in [3.05, 3.63) is 46.5 Å². The Balaban J connectivity index is 2.03. The zero-order valence-corrected chi connectivity index (χ0v) is 12.8. The number of nitro benzene ring substituents is 1. The van der Waals surface area contributed by atoms with Gasteiger partial charge in [-0.2, -0.15) is 5.10 Å². The summed E-state index contributed by atoms with van der Waals surface area (Å²) < 4.78 is 15.4. The Labute approximate surface area is 132 Å². The Hall–Kier alpha value is -2.52. The van der Waals surface area contributed by atoms with Crippen molar-refractivity contribution in [3.63, 3.8) is 0 Å². The Kier molecular flexibility index (Phi) is 5.24. The first kappa shape index (κ1) is 16.8. The molecule has 0 amide bonds. The third kappa shape index (κ3) is 4.73. The third-order valence-corrected chi connectivity index (χ3v) is 3.05. The zero-order valence-electron chi connectivity index (χ0n) is 12.8. The smallest absolute Gasteiger partial charge is 0.272 e. The van der Waals surface area contributed by atoms with Gasteiger partial charge in [0.2, 0.25) is 0 Å². The minimum Gasteiger partial charge on any atom is -0.390 e. The Morgan fingerprint density at radius 3 is 2.87 bits per heavy atom. The molecule has 0 aliphatic rings. The van der Waals surface area contributed by atoms with E-state index in [1.807, 2.05) is 19.0 Å². The van der Waals surface area contributed by atoms with Gasteiger partial charge in [0.25, 0.3) is 5.69 Å². The van der Waals surface area contributed by atoms with E-state index < -0.39 is 16.8 Å². The molecule has 124 valence electrons. The Bertz CT molecular complexity index is 689. The molecule has 0 bridgehead atoms. The van der Waals surface area contributed by atoms with E-state index in [-0.39, 0.29) is 11.4 Å². The highest BCUT2D eigenvalue weighted by atomic mass is 19.1. The van der Waals surface area contributed by atoms with Gasteiger partial charge in [0.1, 0.15) is 0 Å². The van der Waals surface area contributed by atoms with Crippen LogP contribution in [0.25, 0.3) is 0 Å². The molecule has 0 fully saturated rings. The molecule has 0 saturated carbocycles. The fraction of sp³-hybridized carbons (Fsp3) is 0.357. The van der Waals surface area contributed by atoms with Crippen LogP contribution in [0.1, 0.15) is 0 Å². The van der Waals surface area contributed by atoms with Crippen molar-refractivity contribution in [2.24, 2.45) is 0 Å². The van der Waals surface area contributed by atoms with Crippen LogP contribution in [0.15, 0.2) is 30.6 Å². The van der Waals surface area contributed by atoms with E-state index in [1.54, 1.807) is 10.9 Å². The average molecular weight is 323 g/mol. The minimum absolute atomic E-state index is 0.115. The Morgan fingerprint density at radius 1 is 1.52 bits per heavy atom. The average Bonchev–Trinajstić information content (AvgIpc) is 2.87. The molecule has 1 aromatic carbocycles. The van der Waals surface area contributed by atoms with E-state index in [0.717, 1.165) is 6.07 Å². The van der Waals surface area contributed by atoms with Crippen molar-refractivity contribution in [1.82, 2.24) is 14.7 Å². The topological polar surface area (TPSA) is 96.5 Å². The number of nitro groups is 1. The van der Waals surface area contributed by atoms with Crippen molar-refractivity contribution >= 4 is 17.1 Å². The first-order chi connectivity index (χ1) is 10.8. The largest absolute Gasteiger partial charge is 0.390 e. The molecule has 9 heteroatoms. The first-order valence-electron chi connectivity index (χ1n) is 6.91. The fourth-order valence-electron chi connectivity index (χ4n) is 2.10. The van der Waals surface area contributed by atoms with Crippen LogP contribution in [-0.4, -0.2) is 51.5 Å². The van der Waals surface area contributed by atoms with Crippen LogP contribution in [-0.2, 0) is 6.54 Å². The number of hydrogen-bond acceptors (Lipinski definition) is 6. The number of aromatic nitrogens is 2. The maximum Gasteiger partial charge on any atom is 0.272 e. The molecular weight excluding hydrogens is 305 g/mol. The predicted molar refractivity (Wildman–Crippen MR) is 83.1 cm³/mol. The summed E-state index contributed by atoms with van der Waals surface area (Å²) in [6, 6.07) is 3.37. The van der Waals surface area contributed by atoms with Gasteiger partial charge in [-0.05, 0) is 20.2 Å². The second kappa shape index (κ2) is 7.16. The van der Waals surface area contributed by atoms with E-state index in [9.17, 15) is 19.6 Å². The van der Waals surface area contributed by atoms with Crippen LogP contribution in [0.2, 0.25) is 0 Å². The number of benzene rings is 1. The SMILES string of the molecule is CN(C)C[C@H](O)Cn1cc(Nc2ccc([N+](=O)[O-])cc2F)cn1. The van der Waals surface area contributed by atoms with Crippen molar-refractivity contribution in [2.75, 3.05) is 26.0 Å². The maximum absolute atomic E-state index is 13.8. The van der Waals surface area contributed by atoms with Crippen molar-refractivity contribution in [1.29, 1.82) is 0 Å². The van der Waals surface area contributed by atoms with Gasteiger partial charge >= 0.3 is 0 Å². The van der Waals surface area contributed by atoms with Gasteiger partial charge in [0, 0.05) is 18.8 Å². The number of nitrogens with zero attached hydrogens (tertiary/aromatic N) is 4. The van der Waals surface area contributed by atoms with Gasteiger partial charge in [0.05, 0.1) is 41.2 Å². The van der Waals surface area contributed by atoms with Gasteiger partial charge < -0.3 is 15.3 Å². The molecule has 0 unspecified atom stereocenters. The van der Waals surface area contributed by atoms with Crippen LogP contribution >= 0.6 is 0 Å². The molecule has 2 aromatic rings. The van der Waals surface area contributed by atoms with Crippen LogP contribution in [0.3, 0.4) is 0 Å². The number of nitrogens with one attached hydrogen (secondary N) is 1. The first-order valence-corrected chi connectivity index (χ1v) is 6.91. The lowest BCUT2D eigenvalue weighted by Gasteiger charge is -2.15. The van der Waals surface area contributed by atoms with E-state index in [2.05, 4.69) is 10.4 Å². The molecule has 0 aliphatic carbocycles. The number of anilines is 2. The number of aliphatic hydroxyl groups is 1. The molecule has 2 N–H and O–H groups in total. The molecule has 0 aliphatic heterocycles. The van der Waals surface area contributed by atoms with E-state index in [4.69, 9.17) is 0 Å². The van der Waals surface area contributed by atoms with Gasteiger partial charge in [-0.15, -0.1) is 0 Å². The summed E-state index contributed by atoms with van der Waals surface area (Å²) in [5, 5.41) is 27.3. The van der Waals surface area contributed by atoms with Crippen LogP contribution in [0, 0.1) is 15.9 Å². The zero-order chi connectivity index (χ0) is 17.0. The van der Waals surface area contributed by atoms with Crippen LogP contribution in [0.4, 0.5) is 21.5 Å². The summed E-state index contributed by atoms with van der Waals surface area (Å²) >= 11 is 0. The number of halogens is 1. The molecule has 1 atom stereocenters. The number of likely N-dealkylation sites (N-methyl/N-ethyl adjacent to an activating group) is 1.